The lowest BCUT2D eigenvalue weighted by atomic mass is 9.94. The first kappa shape index (κ1) is 14.9. The standard InChI is InChI=1S/C13H14F2N4/c1-8(2)11(14)13(18-19-17)12(15)10-5-3-9(7-16)4-6-10/h3-6,8,11-13H,1-2H3/t11-,12+,13+/m1/s1. The van der Waals surface area contributed by atoms with Crippen molar-refractivity contribution >= 4 is 0 Å². The molecule has 0 radical (unpaired) electrons. The van der Waals surface area contributed by atoms with Crippen LogP contribution in [0.25, 0.3) is 10.4 Å². The molecule has 0 N–H and O–H groups in total. The molecule has 0 aliphatic rings. The maximum Gasteiger partial charge on any atom is 0.136 e. The van der Waals surface area contributed by atoms with Gasteiger partial charge in [-0.25, -0.2) is 8.78 Å². The first-order valence-electron chi connectivity index (χ1n) is 5.83. The summed E-state index contributed by atoms with van der Waals surface area (Å²) in [5, 5.41) is 11.9. The van der Waals surface area contributed by atoms with Crippen molar-refractivity contribution in [3.8, 4) is 6.07 Å². The quantitative estimate of drug-likeness (QED) is 0.445. The van der Waals surface area contributed by atoms with Gasteiger partial charge in [-0.05, 0) is 29.1 Å². The summed E-state index contributed by atoms with van der Waals surface area (Å²) >= 11 is 0. The molecule has 1 aromatic carbocycles. The fourth-order valence-electron chi connectivity index (χ4n) is 1.68. The summed E-state index contributed by atoms with van der Waals surface area (Å²) in [6.45, 7) is 3.19. The van der Waals surface area contributed by atoms with Crippen LogP contribution in [0.2, 0.25) is 0 Å². The highest BCUT2D eigenvalue weighted by Crippen LogP contribution is 2.30. The minimum absolute atomic E-state index is 0.194. The van der Waals surface area contributed by atoms with Gasteiger partial charge in [0, 0.05) is 4.91 Å². The van der Waals surface area contributed by atoms with Crippen LogP contribution in [0, 0.1) is 17.2 Å². The minimum atomic E-state index is -1.74. The Morgan fingerprint density at radius 1 is 1.26 bits per heavy atom. The lowest BCUT2D eigenvalue weighted by Crippen LogP contribution is -2.29. The average molecular weight is 264 g/mol. The van der Waals surface area contributed by atoms with Crippen molar-refractivity contribution in [2.45, 2.75) is 32.2 Å². The van der Waals surface area contributed by atoms with Crippen LogP contribution in [-0.4, -0.2) is 12.2 Å². The number of hydrogen-bond acceptors (Lipinski definition) is 2. The molecule has 0 aliphatic carbocycles. The van der Waals surface area contributed by atoms with E-state index >= 15 is 0 Å². The van der Waals surface area contributed by atoms with Crippen LogP contribution in [0.15, 0.2) is 29.4 Å². The Bertz CT molecular complexity index is 500. The number of nitriles is 1. The maximum atomic E-state index is 14.2. The molecule has 0 spiro atoms. The van der Waals surface area contributed by atoms with Gasteiger partial charge in [-0.3, -0.25) is 0 Å². The SMILES string of the molecule is CC(C)[C@@H](F)[C@H](N=[N+]=[N-])[C@@H](F)c1ccc(C#N)cc1. The van der Waals surface area contributed by atoms with E-state index in [1.807, 2.05) is 6.07 Å². The molecular weight excluding hydrogens is 250 g/mol. The van der Waals surface area contributed by atoms with Crippen molar-refractivity contribution in [3.05, 3.63) is 45.8 Å². The fourth-order valence-corrected chi connectivity index (χ4v) is 1.68. The Labute approximate surface area is 110 Å². The van der Waals surface area contributed by atoms with Gasteiger partial charge in [0.25, 0.3) is 0 Å². The van der Waals surface area contributed by atoms with E-state index in [0.29, 0.717) is 5.56 Å². The van der Waals surface area contributed by atoms with Crippen LogP contribution in [-0.2, 0) is 0 Å². The number of nitrogens with zero attached hydrogens (tertiary/aromatic N) is 4. The third-order valence-corrected chi connectivity index (χ3v) is 2.81. The van der Waals surface area contributed by atoms with Gasteiger partial charge in [-0.2, -0.15) is 5.26 Å². The molecule has 0 fully saturated rings. The highest BCUT2D eigenvalue weighted by Gasteiger charge is 2.32. The minimum Gasteiger partial charge on any atom is -0.247 e. The monoisotopic (exact) mass is 264 g/mol. The summed E-state index contributed by atoms with van der Waals surface area (Å²) in [4.78, 5) is 2.51. The molecule has 0 saturated carbocycles. The first-order chi connectivity index (χ1) is 9.01. The molecule has 19 heavy (non-hydrogen) atoms. The predicted octanol–water partition coefficient (Wildman–Crippen LogP) is 4.24. The van der Waals surface area contributed by atoms with Crippen LogP contribution in [0.1, 0.15) is 31.1 Å². The zero-order valence-electron chi connectivity index (χ0n) is 10.7. The van der Waals surface area contributed by atoms with E-state index in [2.05, 4.69) is 10.0 Å². The molecular formula is C13H14F2N4. The van der Waals surface area contributed by atoms with Gasteiger partial charge in [0.1, 0.15) is 18.4 Å². The third-order valence-electron chi connectivity index (χ3n) is 2.81. The molecule has 100 valence electrons. The van der Waals surface area contributed by atoms with Gasteiger partial charge in [0.15, 0.2) is 0 Å². The Balaban J connectivity index is 3.01. The predicted molar refractivity (Wildman–Crippen MR) is 67.7 cm³/mol. The number of benzene rings is 1. The fraction of sp³-hybridized carbons (Fsp3) is 0.462. The number of rotatable bonds is 5. The summed E-state index contributed by atoms with van der Waals surface area (Å²) in [7, 11) is 0. The van der Waals surface area contributed by atoms with Crippen LogP contribution >= 0.6 is 0 Å². The molecule has 0 heterocycles. The average Bonchev–Trinajstić information content (AvgIpc) is 2.43. The number of hydrogen-bond donors (Lipinski definition) is 0. The van der Waals surface area contributed by atoms with Crippen LogP contribution in [0.3, 0.4) is 0 Å². The van der Waals surface area contributed by atoms with E-state index in [4.69, 9.17) is 10.8 Å². The second-order valence-corrected chi connectivity index (χ2v) is 4.52. The Hall–Kier alpha value is -2.12. The van der Waals surface area contributed by atoms with E-state index in [9.17, 15) is 8.78 Å². The molecule has 0 amide bonds. The molecule has 6 heteroatoms. The lowest BCUT2D eigenvalue weighted by molar-refractivity contribution is 0.145. The summed E-state index contributed by atoms with van der Waals surface area (Å²) < 4.78 is 28.1. The molecule has 0 bridgehead atoms. The van der Waals surface area contributed by atoms with Crippen molar-refractivity contribution in [2.24, 2.45) is 11.0 Å². The largest absolute Gasteiger partial charge is 0.247 e. The van der Waals surface area contributed by atoms with Crippen molar-refractivity contribution in [3.63, 3.8) is 0 Å². The first-order valence-corrected chi connectivity index (χ1v) is 5.83. The molecule has 3 atom stereocenters. The molecule has 4 nitrogen and oxygen atoms in total. The lowest BCUT2D eigenvalue weighted by Gasteiger charge is -2.23. The number of azide groups is 1. The zero-order valence-corrected chi connectivity index (χ0v) is 10.7. The van der Waals surface area contributed by atoms with Gasteiger partial charge in [-0.15, -0.1) is 0 Å². The van der Waals surface area contributed by atoms with E-state index in [1.165, 1.54) is 24.3 Å². The van der Waals surface area contributed by atoms with Gasteiger partial charge < -0.3 is 0 Å². The second kappa shape index (κ2) is 6.72. The van der Waals surface area contributed by atoms with Crippen LogP contribution in [0.4, 0.5) is 8.78 Å². The van der Waals surface area contributed by atoms with E-state index in [0.717, 1.165) is 0 Å². The van der Waals surface area contributed by atoms with Crippen LogP contribution in [0.5, 0.6) is 0 Å². The molecule has 1 aromatic rings. The van der Waals surface area contributed by atoms with E-state index in [-0.39, 0.29) is 5.56 Å². The van der Waals surface area contributed by atoms with Gasteiger partial charge in [0.2, 0.25) is 0 Å². The summed E-state index contributed by atoms with van der Waals surface area (Å²) in [5.74, 6) is -0.452. The summed E-state index contributed by atoms with van der Waals surface area (Å²) in [6.07, 6.45) is -3.30. The molecule has 0 aromatic heterocycles. The number of halogens is 2. The van der Waals surface area contributed by atoms with Gasteiger partial charge in [-0.1, -0.05) is 31.1 Å². The van der Waals surface area contributed by atoms with E-state index in [1.54, 1.807) is 13.8 Å². The maximum absolute atomic E-state index is 14.2. The third kappa shape index (κ3) is 3.67. The Morgan fingerprint density at radius 3 is 2.26 bits per heavy atom. The van der Waals surface area contributed by atoms with Crippen molar-refractivity contribution in [1.82, 2.24) is 0 Å². The Morgan fingerprint density at radius 2 is 1.84 bits per heavy atom. The molecule has 0 saturated heterocycles. The van der Waals surface area contributed by atoms with Crippen molar-refractivity contribution in [1.29, 1.82) is 5.26 Å². The normalized spacial score (nSPS) is 15.2. The van der Waals surface area contributed by atoms with Gasteiger partial charge >= 0.3 is 0 Å². The van der Waals surface area contributed by atoms with Crippen molar-refractivity contribution in [2.75, 3.05) is 0 Å². The summed E-state index contributed by atoms with van der Waals surface area (Å²) in [5.41, 5.74) is 9.01. The highest BCUT2D eigenvalue weighted by atomic mass is 19.1. The Kier molecular flexibility index (Phi) is 5.28. The summed E-state index contributed by atoms with van der Waals surface area (Å²) in [6, 6.07) is 6.19. The number of alkyl halides is 2. The van der Waals surface area contributed by atoms with E-state index < -0.39 is 24.3 Å². The second-order valence-electron chi connectivity index (χ2n) is 4.52. The smallest absolute Gasteiger partial charge is 0.136 e. The molecule has 0 unspecified atom stereocenters. The topological polar surface area (TPSA) is 72.6 Å². The zero-order chi connectivity index (χ0) is 14.4. The molecule has 1 rings (SSSR count). The highest BCUT2D eigenvalue weighted by molar-refractivity contribution is 5.33. The van der Waals surface area contributed by atoms with Crippen LogP contribution < -0.4 is 0 Å². The molecule has 0 aliphatic heterocycles. The van der Waals surface area contributed by atoms with Crippen molar-refractivity contribution < 1.29 is 8.78 Å². The van der Waals surface area contributed by atoms with Gasteiger partial charge in [0.05, 0.1) is 11.6 Å².